The van der Waals surface area contributed by atoms with E-state index in [-0.39, 0.29) is 0 Å². The second-order valence-electron chi connectivity index (χ2n) is 4.68. The van der Waals surface area contributed by atoms with E-state index in [1.165, 1.54) is 0 Å². The predicted molar refractivity (Wildman–Crippen MR) is 71.9 cm³/mol. The van der Waals surface area contributed by atoms with E-state index >= 15 is 0 Å². The van der Waals surface area contributed by atoms with Gasteiger partial charge in [0.1, 0.15) is 18.5 Å². The first kappa shape index (κ1) is 13.3. The fourth-order valence-corrected chi connectivity index (χ4v) is 2.14. The maximum absolute atomic E-state index is 9.97. The van der Waals surface area contributed by atoms with Crippen LogP contribution in [0, 0.1) is 0 Å². The highest BCUT2D eigenvalue weighted by molar-refractivity contribution is 5.20. The van der Waals surface area contributed by atoms with Gasteiger partial charge in [0.15, 0.2) is 0 Å². The number of rotatable bonds is 5. The van der Waals surface area contributed by atoms with Gasteiger partial charge < -0.3 is 15.2 Å². The van der Waals surface area contributed by atoms with E-state index in [9.17, 15) is 5.11 Å². The van der Waals surface area contributed by atoms with Gasteiger partial charge in [-0.15, -0.1) is 0 Å². The molecule has 1 aromatic rings. The molecule has 0 unspecified atom stereocenters. The summed E-state index contributed by atoms with van der Waals surface area (Å²) in [5.74, 6) is 0.814. The molecule has 0 amide bonds. The standard InChI is InChI=1S/C14H22N2O2/c17-13(11-16-9-4-7-15-8-10-16)12-18-14-5-2-1-3-6-14/h1-3,5-6,13,15,17H,4,7-12H2/t13-/m0/s1. The largest absolute Gasteiger partial charge is 0.491 e. The number of hydrogen-bond donors (Lipinski definition) is 2. The molecule has 0 spiro atoms. The summed E-state index contributed by atoms with van der Waals surface area (Å²) in [6.45, 7) is 5.18. The quantitative estimate of drug-likeness (QED) is 0.808. The molecular weight excluding hydrogens is 228 g/mol. The number of aliphatic hydroxyl groups is 1. The Morgan fingerprint density at radius 3 is 2.89 bits per heavy atom. The second kappa shape index (κ2) is 7.36. The molecule has 4 heteroatoms. The van der Waals surface area contributed by atoms with Gasteiger partial charge in [0, 0.05) is 19.6 Å². The van der Waals surface area contributed by atoms with Crippen molar-refractivity contribution in [2.75, 3.05) is 39.3 Å². The number of β-amino-alcohol motifs (C(OH)–C–C–N with tert-alkyl or cyclic N) is 1. The number of para-hydroxylation sites is 1. The molecule has 0 saturated carbocycles. The highest BCUT2D eigenvalue weighted by Gasteiger charge is 2.13. The van der Waals surface area contributed by atoms with E-state index in [4.69, 9.17) is 4.74 Å². The molecule has 0 aliphatic carbocycles. The molecule has 1 fully saturated rings. The summed E-state index contributed by atoms with van der Waals surface area (Å²) >= 11 is 0. The van der Waals surface area contributed by atoms with E-state index in [2.05, 4.69) is 10.2 Å². The van der Waals surface area contributed by atoms with Gasteiger partial charge in [-0.3, -0.25) is 4.90 Å². The minimum absolute atomic E-state index is 0.355. The number of hydrogen-bond acceptors (Lipinski definition) is 4. The third-order valence-electron chi connectivity index (χ3n) is 3.09. The summed E-state index contributed by atoms with van der Waals surface area (Å²) in [5, 5.41) is 13.3. The molecule has 18 heavy (non-hydrogen) atoms. The van der Waals surface area contributed by atoms with Gasteiger partial charge in [0.2, 0.25) is 0 Å². The van der Waals surface area contributed by atoms with E-state index in [0.717, 1.165) is 38.3 Å². The number of nitrogens with zero attached hydrogens (tertiary/aromatic N) is 1. The van der Waals surface area contributed by atoms with Gasteiger partial charge in [-0.05, 0) is 31.6 Å². The van der Waals surface area contributed by atoms with Gasteiger partial charge in [-0.2, -0.15) is 0 Å². The molecule has 1 saturated heterocycles. The Labute approximate surface area is 109 Å². The zero-order chi connectivity index (χ0) is 12.6. The average molecular weight is 250 g/mol. The third-order valence-corrected chi connectivity index (χ3v) is 3.09. The molecule has 1 heterocycles. The zero-order valence-electron chi connectivity index (χ0n) is 10.7. The summed E-state index contributed by atoms with van der Waals surface area (Å²) in [7, 11) is 0. The maximum Gasteiger partial charge on any atom is 0.119 e. The molecule has 1 aliphatic rings. The van der Waals surface area contributed by atoms with Gasteiger partial charge in [-0.1, -0.05) is 18.2 Å². The molecule has 4 nitrogen and oxygen atoms in total. The SMILES string of the molecule is O[C@H](COc1ccccc1)CN1CCCNCC1. The van der Waals surface area contributed by atoms with Crippen LogP contribution >= 0.6 is 0 Å². The molecule has 0 radical (unpaired) electrons. The van der Waals surface area contributed by atoms with Crippen molar-refractivity contribution in [2.45, 2.75) is 12.5 Å². The van der Waals surface area contributed by atoms with Gasteiger partial charge in [0.05, 0.1) is 0 Å². The van der Waals surface area contributed by atoms with Gasteiger partial charge in [-0.25, -0.2) is 0 Å². The Morgan fingerprint density at radius 1 is 1.22 bits per heavy atom. The molecule has 100 valence electrons. The molecule has 0 aromatic heterocycles. The van der Waals surface area contributed by atoms with Crippen LogP contribution in [-0.2, 0) is 0 Å². The van der Waals surface area contributed by atoms with Crippen LogP contribution in [0.15, 0.2) is 30.3 Å². The molecule has 1 aromatic carbocycles. The van der Waals surface area contributed by atoms with Crippen LogP contribution in [0.4, 0.5) is 0 Å². The number of ether oxygens (including phenoxy) is 1. The molecular formula is C14H22N2O2. The van der Waals surface area contributed by atoms with Crippen molar-refractivity contribution < 1.29 is 9.84 Å². The minimum Gasteiger partial charge on any atom is -0.491 e. The molecule has 1 aliphatic heterocycles. The van der Waals surface area contributed by atoms with E-state index in [1.54, 1.807) is 0 Å². The minimum atomic E-state index is -0.427. The van der Waals surface area contributed by atoms with Crippen molar-refractivity contribution in [3.05, 3.63) is 30.3 Å². The summed E-state index contributed by atoms with van der Waals surface area (Å²) in [4.78, 5) is 2.29. The van der Waals surface area contributed by atoms with Crippen molar-refractivity contribution in [1.29, 1.82) is 0 Å². The lowest BCUT2D eigenvalue weighted by Gasteiger charge is -2.22. The van der Waals surface area contributed by atoms with Crippen LogP contribution in [0.1, 0.15) is 6.42 Å². The van der Waals surface area contributed by atoms with Crippen LogP contribution in [0.25, 0.3) is 0 Å². The van der Waals surface area contributed by atoms with Crippen molar-refractivity contribution >= 4 is 0 Å². The Balaban J connectivity index is 1.69. The summed E-state index contributed by atoms with van der Waals surface area (Å²) in [6.07, 6.45) is 0.718. The predicted octanol–water partition coefficient (Wildman–Crippen LogP) is 0.722. The maximum atomic E-state index is 9.97. The van der Waals surface area contributed by atoms with Crippen molar-refractivity contribution in [3.8, 4) is 5.75 Å². The molecule has 2 N–H and O–H groups in total. The lowest BCUT2D eigenvalue weighted by molar-refractivity contribution is 0.0703. The smallest absolute Gasteiger partial charge is 0.119 e. The molecule has 1 atom stereocenters. The zero-order valence-corrected chi connectivity index (χ0v) is 10.7. The highest BCUT2D eigenvalue weighted by Crippen LogP contribution is 2.09. The van der Waals surface area contributed by atoms with Crippen LogP contribution in [-0.4, -0.2) is 55.4 Å². The average Bonchev–Trinajstić information content (AvgIpc) is 2.66. The normalized spacial score (nSPS) is 19.2. The molecule has 2 rings (SSSR count). The summed E-state index contributed by atoms with van der Waals surface area (Å²) in [5.41, 5.74) is 0. The summed E-state index contributed by atoms with van der Waals surface area (Å²) in [6, 6.07) is 9.63. The van der Waals surface area contributed by atoms with E-state index < -0.39 is 6.10 Å². The van der Waals surface area contributed by atoms with Gasteiger partial charge in [0.25, 0.3) is 0 Å². The first-order valence-electron chi connectivity index (χ1n) is 6.63. The lowest BCUT2D eigenvalue weighted by atomic mass is 10.3. The van der Waals surface area contributed by atoms with Gasteiger partial charge >= 0.3 is 0 Å². The topological polar surface area (TPSA) is 44.7 Å². The fraction of sp³-hybridized carbons (Fsp3) is 0.571. The molecule has 0 bridgehead atoms. The Kier molecular flexibility index (Phi) is 5.45. The summed E-state index contributed by atoms with van der Waals surface area (Å²) < 4.78 is 5.55. The monoisotopic (exact) mass is 250 g/mol. The Morgan fingerprint density at radius 2 is 2.06 bits per heavy atom. The van der Waals surface area contributed by atoms with Crippen LogP contribution in [0.5, 0.6) is 5.75 Å². The first-order valence-corrected chi connectivity index (χ1v) is 6.63. The fourth-order valence-electron chi connectivity index (χ4n) is 2.14. The van der Waals surface area contributed by atoms with E-state index in [1.807, 2.05) is 30.3 Å². The first-order chi connectivity index (χ1) is 8.84. The van der Waals surface area contributed by atoms with Crippen LogP contribution in [0.3, 0.4) is 0 Å². The van der Waals surface area contributed by atoms with Crippen LogP contribution in [0.2, 0.25) is 0 Å². The van der Waals surface area contributed by atoms with Crippen molar-refractivity contribution in [2.24, 2.45) is 0 Å². The van der Waals surface area contributed by atoms with Crippen molar-refractivity contribution in [1.82, 2.24) is 10.2 Å². The highest BCUT2D eigenvalue weighted by atomic mass is 16.5. The third kappa shape index (κ3) is 4.64. The number of nitrogens with one attached hydrogen (secondary N) is 1. The lowest BCUT2D eigenvalue weighted by Crippen LogP contribution is -2.37. The van der Waals surface area contributed by atoms with Crippen LogP contribution < -0.4 is 10.1 Å². The second-order valence-corrected chi connectivity index (χ2v) is 4.68. The Hall–Kier alpha value is -1.10. The number of aliphatic hydroxyl groups excluding tert-OH is 1. The van der Waals surface area contributed by atoms with E-state index in [0.29, 0.717) is 13.2 Å². The van der Waals surface area contributed by atoms with Crippen molar-refractivity contribution in [3.63, 3.8) is 0 Å². The number of benzene rings is 1. The Bertz CT molecular complexity index is 324.